The number of carbonyl (C=O) groups is 1. The van der Waals surface area contributed by atoms with Gasteiger partial charge in [-0.15, -0.1) is 17.8 Å². The Labute approximate surface area is 179 Å². The Kier molecular flexibility index (Phi) is 7.32. The van der Waals surface area contributed by atoms with Gasteiger partial charge in [0, 0.05) is 10.3 Å². The van der Waals surface area contributed by atoms with Gasteiger partial charge >= 0.3 is 5.97 Å². The van der Waals surface area contributed by atoms with Gasteiger partial charge in [-0.3, -0.25) is 0 Å². The molecule has 0 aliphatic rings. The molecule has 0 radical (unpaired) electrons. The quantitative estimate of drug-likeness (QED) is 0.455. The minimum Gasteiger partial charge on any atom is -0.465 e. The van der Waals surface area contributed by atoms with Crippen LogP contribution in [0.25, 0.3) is 0 Å². The Morgan fingerprint density at radius 2 is 1.86 bits per heavy atom. The van der Waals surface area contributed by atoms with Crippen molar-refractivity contribution in [2.75, 3.05) is 7.11 Å². The Balaban J connectivity index is 2.44. The molecule has 0 saturated carbocycles. The lowest BCUT2D eigenvalue weighted by Gasteiger charge is -2.32. The van der Waals surface area contributed by atoms with Crippen LogP contribution < -0.4 is 0 Å². The number of hydrogen-bond donors (Lipinski definition) is 1. The Bertz CT molecular complexity index is 911. The van der Waals surface area contributed by atoms with E-state index in [9.17, 15) is 9.90 Å². The molecule has 1 heterocycles. The van der Waals surface area contributed by atoms with Crippen LogP contribution in [0, 0.1) is 26.2 Å². The third-order valence-electron chi connectivity index (χ3n) is 6.05. The lowest BCUT2D eigenvalue weighted by molar-refractivity contribution is 0.0605. The maximum absolute atomic E-state index is 12.1. The lowest BCUT2D eigenvalue weighted by Crippen LogP contribution is -2.25. The summed E-state index contributed by atoms with van der Waals surface area (Å²) in [6, 6.07) is 8.73. The summed E-state index contributed by atoms with van der Waals surface area (Å²) in [4.78, 5) is 14.0. The second-order valence-electron chi connectivity index (χ2n) is 7.96. The van der Waals surface area contributed by atoms with E-state index in [1.165, 1.54) is 28.7 Å². The van der Waals surface area contributed by atoms with Crippen molar-refractivity contribution in [3.63, 3.8) is 0 Å². The van der Waals surface area contributed by atoms with Crippen LogP contribution in [0.5, 0.6) is 0 Å². The molecular formula is C25H32O3S. The number of methoxy groups -OCH3 is 1. The Morgan fingerprint density at radius 3 is 2.38 bits per heavy atom. The molecule has 1 atom stereocenters. The summed E-state index contributed by atoms with van der Waals surface area (Å²) in [5.41, 5.74) is 3.39. The van der Waals surface area contributed by atoms with Gasteiger partial charge in [0.15, 0.2) is 0 Å². The molecule has 0 bridgehead atoms. The van der Waals surface area contributed by atoms with Crippen LogP contribution >= 0.6 is 11.3 Å². The molecule has 0 aliphatic carbocycles. The second-order valence-corrected chi connectivity index (χ2v) is 9.02. The number of terminal acetylenes is 1. The molecule has 0 fully saturated rings. The zero-order chi connectivity index (χ0) is 21.8. The van der Waals surface area contributed by atoms with Crippen molar-refractivity contribution in [1.82, 2.24) is 0 Å². The van der Waals surface area contributed by atoms with E-state index in [0.29, 0.717) is 11.3 Å². The van der Waals surface area contributed by atoms with Crippen LogP contribution in [0.2, 0.25) is 0 Å². The average Bonchev–Trinajstić information content (AvgIpc) is 3.10. The van der Waals surface area contributed by atoms with Crippen LogP contribution in [0.1, 0.15) is 76.8 Å². The summed E-state index contributed by atoms with van der Waals surface area (Å²) in [7, 11) is 1.42. The van der Waals surface area contributed by atoms with Crippen molar-refractivity contribution < 1.29 is 14.6 Å². The van der Waals surface area contributed by atoms with Crippen LogP contribution in [-0.2, 0) is 16.6 Å². The zero-order valence-corrected chi connectivity index (χ0v) is 19.2. The maximum atomic E-state index is 12.1. The topological polar surface area (TPSA) is 46.5 Å². The molecule has 1 unspecified atom stereocenters. The highest BCUT2D eigenvalue weighted by molar-refractivity contribution is 7.14. The number of rotatable bonds is 8. The molecule has 4 heteroatoms. The molecule has 1 N–H and O–H groups in total. The molecule has 0 spiro atoms. The monoisotopic (exact) mass is 412 g/mol. The van der Waals surface area contributed by atoms with E-state index < -0.39 is 5.60 Å². The Hall–Kier alpha value is -2.09. The van der Waals surface area contributed by atoms with Gasteiger partial charge in [0.1, 0.15) is 10.5 Å². The summed E-state index contributed by atoms with van der Waals surface area (Å²) >= 11 is 1.54. The number of aliphatic hydroxyl groups is 1. The normalized spacial score (nSPS) is 13.6. The largest absolute Gasteiger partial charge is 0.465 e. The molecule has 0 saturated heterocycles. The molecule has 29 heavy (non-hydrogen) atoms. The van der Waals surface area contributed by atoms with Gasteiger partial charge in [-0.05, 0) is 74.8 Å². The van der Waals surface area contributed by atoms with Crippen LogP contribution in [0.4, 0.5) is 0 Å². The number of hydrogen-bond acceptors (Lipinski definition) is 4. The fourth-order valence-corrected chi connectivity index (χ4v) is 5.33. The molecule has 1 aromatic heterocycles. The predicted octanol–water partition coefficient (Wildman–Crippen LogP) is 5.57. The van der Waals surface area contributed by atoms with E-state index in [4.69, 9.17) is 11.2 Å². The fraction of sp³-hybridized carbons (Fsp3) is 0.480. The van der Waals surface area contributed by atoms with Crippen molar-refractivity contribution in [3.8, 4) is 12.3 Å². The van der Waals surface area contributed by atoms with E-state index in [2.05, 4.69) is 51.0 Å². The molecule has 2 aromatic rings. The number of thiophene rings is 1. The number of aryl methyl sites for hydroxylation is 3. The molecular weight excluding hydrogens is 380 g/mol. The number of ether oxygens (including phenoxy) is 1. The van der Waals surface area contributed by atoms with E-state index in [-0.39, 0.29) is 11.4 Å². The number of benzene rings is 1. The van der Waals surface area contributed by atoms with Gasteiger partial charge in [0.05, 0.1) is 7.11 Å². The molecule has 0 amide bonds. The first-order valence-electron chi connectivity index (χ1n) is 10.1. The molecule has 1 aromatic carbocycles. The Morgan fingerprint density at radius 1 is 1.21 bits per heavy atom. The lowest BCUT2D eigenvalue weighted by atomic mass is 9.73. The van der Waals surface area contributed by atoms with E-state index in [1.54, 1.807) is 18.3 Å². The first-order chi connectivity index (χ1) is 13.6. The summed E-state index contributed by atoms with van der Waals surface area (Å²) in [5.74, 6) is 2.18. The van der Waals surface area contributed by atoms with Crippen LogP contribution in [0.3, 0.4) is 0 Å². The van der Waals surface area contributed by atoms with Gasteiger partial charge in [-0.25, -0.2) is 4.79 Å². The molecule has 0 aliphatic heterocycles. The third-order valence-corrected chi connectivity index (χ3v) is 7.48. The van der Waals surface area contributed by atoms with Crippen molar-refractivity contribution >= 4 is 17.3 Å². The van der Waals surface area contributed by atoms with Crippen LogP contribution in [-0.4, -0.2) is 23.8 Å². The molecule has 2 rings (SSSR count). The van der Waals surface area contributed by atoms with Gasteiger partial charge in [-0.2, -0.15) is 0 Å². The minimum absolute atomic E-state index is 0.144. The molecule has 3 nitrogen and oxygen atoms in total. The number of esters is 1. The van der Waals surface area contributed by atoms with Crippen LogP contribution in [0.15, 0.2) is 24.3 Å². The minimum atomic E-state index is -1.08. The highest BCUT2D eigenvalue weighted by Gasteiger charge is 2.34. The molecule has 156 valence electrons. The summed E-state index contributed by atoms with van der Waals surface area (Å²) < 4.78 is 4.95. The average molecular weight is 413 g/mol. The number of carbonyl (C=O) groups excluding carboxylic acids is 1. The standard InChI is InChI=1S/C25H32O3S/c1-8-24(6,27)14-13-19-11-12-20(15-17(19)4)25(9-2,10-3)21-16-18(5)22(29-21)23(26)28-7/h1,11-12,15-16,27H,9-10,13-14H2,2-7H3. The SMILES string of the molecule is C#CC(C)(O)CCc1ccc(C(CC)(CC)c2cc(C)c(C(=O)OC)s2)cc1C. The second kappa shape index (κ2) is 9.15. The van der Waals surface area contributed by atoms with Gasteiger partial charge in [0.25, 0.3) is 0 Å². The van der Waals surface area contributed by atoms with Gasteiger partial charge in [0.2, 0.25) is 0 Å². The van der Waals surface area contributed by atoms with Crippen molar-refractivity contribution in [1.29, 1.82) is 0 Å². The van der Waals surface area contributed by atoms with Crippen molar-refractivity contribution in [2.45, 2.75) is 71.3 Å². The fourth-order valence-electron chi connectivity index (χ4n) is 3.89. The van der Waals surface area contributed by atoms with Crippen molar-refractivity contribution in [2.24, 2.45) is 0 Å². The van der Waals surface area contributed by atoms with E-state index >= 15 is 0 Å². The van der Waals surface area contributed by atoms with Gasteiger partial charge in [-0.1, -0.05) is 38.0 Å². The van der Waals surface area contributed by atoms with Crippen molar-refractivity contribution in [3.05, 3.63) is 56.3 Å². The summed E-state index contributed by atoms with van der Waals surface area (Å²) in [5, 5.41) is 10.1. The van der Waals surface area contributed by atoms with E-state index in [0.717, 1.165) is 24.8 Å². The first kappa shape index (κ1) is 23.2. The predicted molar refractivity (Wildman–Crippen MR) is 121 cm³/mol. The maximum Gasteiger partial charge on any atom is 0.348 e. The summed E-state index contributed by atoms with van der Waals surface area (Å²) in [6.07, 6.45) is 8.55. The zero-order valence-electron chi connectivity index (χ0n) is 18.4. The summed E-state index contributed by atoms with van der Waals surface area (Å²) in [6.45, 7) is 10.1. The first-order valence-corrected chi connectivity index (χ1v) is 10.9. The smallest absolute Gasteiger partial charge is 0.348 e. The highest BCUT2D eigenvalue weighted by atomic mass is 32.1. The highest BCUT2D eigenvalue weighted by Crippen LogP contribution is 2.44. The van der Waals surface area contributed by atoms with Gasteiger partial charge < -0.3 is 9.84 Å². The third kappa shape index (κ3) is 4.74. The van der Waals surface area contributed by atoms with E-state index in [1.807, 2.05) is 6.92 Å².